The molecule has 0 saturated heterocycles. The fourth-order valence-electron chi connectivity index (χ4n) is 1.29. The largest absolute Gasteiger partial charge is 0.479 e. The molecule has 0 rings (SSSR count). The zero-order chi connectivity index (χ0) is 15.6. The molecule has 0 spiro atoms. The first-order valence-corrected chi connectivity index (χ1v) is 5.54. The Morgan fingerprint density at radius 3 is 1.68 bits per heavy atom. The molecule has 6 heteroatoms. The Hall–Kier alpha value is -1.46. The lowest BCUT2D eigenvalue weighted by Gasteiger charge is -2.43. The first-order chi connectivity index (χ1) is 8.24. The SMILES string of the molecule is C=C(C)OC(C)(C(F)(F)F)C(C)(C)OC(=O)C(=C)C. The van der Waals surface area contributed by atoms with Crippen molar-refractivity contribution in [3.05, 3.63) is 24.5 Å². The normalized spacial score (nSPS) is 15.4. The molecule has 0 bridgehead atoms. The lowest BCUT2D eigenvalue weighted by Crippen LogP contribution is -2.61. The molecule has 0 aromatic rings. The van der Waals surface area contributed by atoms with Crippen LogP contribution in [-0.2, 0) is 14.3 Å². The molecule has 3 nitrogen and oxygen atoms in total. The van der Waals surface area contributed by atoms with Crippen molar-refractivity contribution >= 4 is 5.97 Å². The molecule has 1 unspecified atom stereocenters. The van der Waals surface area contributed by atoms with Gasteiger partial charge in [0.05, 0.1) is 5.76 Å². The van der Waals surface area contributed by atoms with E-state index >= 15 is 0 Å². The zero-order valence-electron chi connectivity index (χ0n) is 11.8. The molecule has 0 aliphatic rings. The van der Waals surface area contributed by atoms with Gasteiger partial charge in [-0.25, -0.2) is 4.79 Å². The molecule has 0 aromatic heterocycles. The summed E-state index contributed by atoms with van der Waals surface area (Å²) in [6.07, 6.45) is -4.75. The van der Waals surface area contributed by atoms with Crippen LogP contribution >= 0.6 is 0 Å². The highest BCUT2D eigenvalue weighted by Crippen LogP contribution is 2.44. The average molecular weight is 280 g/mol. The third-order valence-corrected chi connectivity index (χ3v) is 2.76. The van der Waals surface area contributed by atoms with Crippen molar-refractivity contribution in [3.8, 4) is 0 Å². The summed E-state index contributed by atoms with van der Waals surface area (Å²) in [6, 6.07) is 0. The van der Waals surface area contributed by atoms with Gasteiger partial charge < -0.3 is 9.47 Å². The summed E-state index contributed by atoms with van der Waals surface area (Å²) in [4.78, 5) is 11.5. The van der Waals surface area contributed by atoms with Crippen LogP contribution in [0.1, 0.15) is 34.6 Å². The second-order valence-corrected chi connectivity index (χ2v) is 5.02. The van der Waals surface area contributed by atoms with Crippen molar-refractivity contribution in [1.29, 1.82) is 0 Å². The first kappa shape index (κ1) is 17.5. The van der Waals surface area contributed by atoms with Crippen LogP contribution in [0, 0.1) is 0 Å². The molecule has 0 aliphatic heterocycles. The predicted molar refractivity (Wildman–Crippen MR) is 65.3 cm³/mol. The molecule has 19 heavy (non-hydrogen) atoms. The smallest absolute Gasteiger partial charge is 0.431 e. The Morgan fingerprint density at radius 2 is 1.42 bits per heavy atom. The van der Waals surface area contributed by atoms with Gasteiger partial charge >= 0.3 is 12.1 Å². The van der Waals surface area contributed by atoms with Gasteiger partial charge in [-0.05, 0) is 34.6 Å². The Balaban J connectivity index is 5.54. The fourth-order valence-corrected chi connectivity index (χ4v) is 1.29. The van der Waals surface area contributed by atoms with Gasteiger partial charge in [-0.15, -0.1) is 0 Å². The molecular formula is C13H19F3O3. The number of esters is 1. The van der Waals surface area contributed by atoms with Crippen LogP contribution in [0.2, 0.25) is 0 Å². The van der Waals surface area contributed by atoms with Crippen LogP contribution in [0.5, 0.6) is 0 Å². The average Bonchev–Trinajstić information content (AvgIpc) is 2.13. The Bertz CT molecular complexity index is 396. The van der Waals surface area contributed by atoms with E-state index in [1.165, 1.54) is 13.8 Å². The molecule has 0 aliphatic carbocycles. The second kappa shape index (κ2) is 5.27. The van der Waals surface area contributed by atoms with Gasteiger partial charge in [0.1, 0.15) is 0 Å². The highest BCUT2D eigenvalue weighted by atomic mass is 19.4. The van der Waals surface area contributed by atoms with Gasteiger partial charge in [-0.1, -0.05) is 13.2 Å². The molecule has 0 N–H and O–H groups in total. The van der Waals surface area contributed by atoms with E-state index in [1.54, 1.807) is 0 Å². The number of carbonyl (C=O) groups excluding carboxylic acids is 1. The fraction of sp³-hybridized carbons (Fsp3) is 0.615. The molecule has 0 fully saturated rings. The maximum absolute atomic E-state index is 13.2. The second-order valence-electron chi connectivity index (χ2n) is 5.02. The third kappa shape index (κ3) is 3.75. The monoisotopic (exact) mass is 280 g/mol. The summed E-state index contributed by atoms with van der Waals surface area (Å²) in [5.74, 6) is -1.04. The van der Waals surface area contributed by atoms with E-state index in [1.807, 2.05) is 0 Å². The summed E-state index contributed by atoms with van der Waals surface area (Å²) >= 11 is 0. The number of halogens is 3. The molecule has 0 saturated carbocycles. The lowest BCUT2D eigenvalue weighted by molar-refractivity contribution is -0.310. The maximum Gasteiger partial charge on any atom is 0.431 e. The van der Waals surface area contributed by atoms with E-state index in [9.17, 15) is 18.0 Å². The lowest BCUT2D eigenvalue weighted by atomic mass is 9.86. The van der Waals surface area contributed by atoms with Crippen molar-refractivity contribution in [2.45, 2.75) is 52.0 Å². The van der Waals surface area contributed by atoms with E-state index in [4.69, 9.17) is 9.47 Å². The summed E-state index contributed by atoms with van der Waals surface area (Å²) < 4.78 is 49.4. The van der Waals surface area contributed by atoms with Crippen LogP contribution in [0.15, 0.2) is 24.5 Å². The van der Waals surface area contributed by atoms with Crippen LogP contribution in [0.25, 0.3) is 0 Å². The van der Waals surface area contributed by atoms with E-state index in [0.717, 1.165) is 20.8 Å². The molecule has 0 heterocycles. The molecule has 0 amide bonds. The van der Waals surface area contributed by atoms with E-state index < -0.39 is 23.3 Å². The number of hydrogen-bond donors (Lipinski definition) is 0. The van der Waals surface area contributed by atoms with Gasteiger partial charge in [0.25, 0.3) is 0 Å². The topological polar surface area (TPSA) is 35.5 Å². The zero-order valence-corrected chi connectivity index (χ0v) is 11.8. The minimum absolute atomic E-state index is 0.00734. The Morgan fingerprint density at radius 1 is 1.00 bits per heavy atom. The minimum Gasteiger partial charge on any atom is -0.479 e. The Kier molecular flexibility index (Phi) is 4.86. The van der Waals surface area contributed by atoms with Gasteiger partial charge in [0, 0.05) is 5.57 Å². The number of allylic oxidation sites excluding steroid dienone is 1. The predicted octanol–water partition coefficient (Wildman–Crippen LogP) is 3.76. The van der Waals surface area contributed by atoms with E-state index in [0.29, 0.717) is 0 Å². The van der Waals surface area contributed by atoms with Crippen molar-refractivity contribution < 1.29 is 27.4 Å². The highest BCUT2D eigenvalue weighted by Gasteiger charge is 2.64. The van der Waals surface area contributed by atoms with Crippen LogP contribution in [-0.4, -0.2) is 23.3 Å². The summed E-state index contributed by atoms with van der Waals surface area (Å²) in [5.41, 5.74) is -4.65. The molecule has 0 aromatic carbocycles. The summed E-state index contributed by atoms with van der Waals surface area (Å²) in [5, 5.41) is 0. The quantitative estimate of drug-likeness (QED) is 0.437. The van der Waals surface area contributed by atoms with Crippen molar-refractivity contribution in [2.24, 2.45) is 0 Å². The van der Waals surface area contributed by atoms with Crippen LogP contribution in [0.4, 0.5) is 13.2 Å². The van der Waals surface area contributed by atoms with Gasteiger partial charge in [-0.2, -0.15) is 13.2 Å². The third-order valence-electron chi connectivity index (χ3n) is 2.76. The Labute approximate surface area is 111 Å². The maximum atomic E-state index is 13.2. The minimum atomic E-state index is -4.75. The number of hydrogen-bond acceptors (Lipinski definition) is 3. The van der Waals surface area contributed by atoms with Gasteiger partial charge in [0.2, 0.25) is 5.60 Å². The summed E-state index contributed by atoms with van der Waals surface area (Å²) in [7, 11) is 0. The summed E-state index contributed by atoms with van der Waals surface area (Å²) in [6.45, 7) is 12.3. The highest BCUT2D eigenvalue weighted by molar-refractivity contribution is 5.87. The molecule has 1 atom stereocenters. The number of ether oxygens (including phenoxy) is 2. The number of alkyl halides is 3. The van der Waals surface area contributed by atoms with Crippen LogP contribution < -0.4 is 0 Å². The van der Waals surface area contributed by atoms with Crippen LogP contribution in [0.3, 0.4) is 0 Å². The van der Waals surface area contributed by atoms with Crippen molar-refractivity contribution in [1.82, 2.24) is 0 Å². The van der Waals surface area contributed by atoms with Gasteiger partial charge in [0.15, 0.2) is 5.60 Å². The van der Waals surface area contributed by atoms with Gasteiger partial charge in [-0.3, -0.25) is 0 Å². The van der Waals surface area contributed by atoms with Crippen molar-refractivity contribution in [3.63, 3.8) is 0 Å². The first-order valence-electron chi connectivity index (χ1n) is 5.54. The number of rotatable bonds is 5. The molecule has 0 radical (unpaired) electrons. The number of carbonyl (C=O) groups is 1. The van der Waals surface area contributed by atoms with E-state index in [2.05, 4.69) is 13.2 Å². The molecular weight excluding hydrogens is 261 g/mol. The van der Waals surface area contributed by atoms with Crippen molar-refractivity contribution in [2.75, 3.05) is 0 Å². The standard InChI is InChI=1S/C13H19F3O3/c1-8(2)10(17)19-11(5,6)12(7,13(14,15)16)18-9(3)4/h1,3H2,2,4-7H3. The van der Waals surface area contributed by atoms with E-state index in [-0.39, 0.29) is 11.3 Å². The molecule has 110 valence electrons.